The third-order valence-electron chi connectivity index (χ3n) is 3.32. The lowest BCUT2D eigenvalue weighted by atomic mass is 10.1. The van der Waals surface area contributed by atoms with Crippen LogP contribution < -0.4 is 0 Å². The standard InChI is InChI=1S/C13H22O2/c1-2-3-4-5-7-12-8-10-13(15-12)9-6-11-14-13/h4-5,12H,2-3,6-11H2,1H3/b5-4+. The molecule has 0 radical (unpaired) electrons. The third-order valence-corrected chi connectivity index (χ3v) is 3.32. The monoisotopic (exact) mass is 210 g/mol. The molecule has 15 heavy (non-hydrogen) atoms. The van der Waals surface area contributed by atoms with E-state index in [9.17, 15) is 0 Å². The van der Waals surface area contributed by atoms with E-state index in [1.807, 2.05) is 0 Å². The van der Waals surface area contributed by atoms with Crippen LogP contribution in [-0.4, -0.2) is 18.5 Å². The van der Waals surface area contributed by atoms with Crippen LogP contribution in [-0.2, 0) is 9.47 Å². The van der Waals surface area contributed by atoms with E-state index in [4.69, 9.17) is 9.47 Å². The molecule has 2 aliphatic rings. The van der Waals surface area contributed by atoms with E-state index in [1.165, 1.54) is 19.3 Å². The summed E-state index contributed by atoms with van der Waals surface area (Å²) in [7, 11) is 0. The van der Waals surface area contributed by atoms with Crippen molar-refractivity contribution in [2.75, 3.05) is 6.61 Å². The molecule has 1 spiro atoms. The molecule has 0 aromatic rings. The second-order valence-electron chi connectivity index (χ2n) is 4.64. The Morgan fingerprint density at radius 1 is 1.33 bits per heavy atom. The number of ether oxygens (including phenoxy) is 2. The Labute approximate surface area is 92.6 Å². The smallest absolute Gasteiger partial charge is 0.168 e. The second kappa shape index (κ2) is 5.13. The molecule has 2 aliphatic heterocycles. The van der Waals surface area contributed by atoms with E-state index >= 15 is 0 Å². The normalized spacial score (nSPS) is 35.9. The molecule has 2 nitrogen and oxygen atoms in total. The lowest BCUT2D eigenvalue weighted by Gasteiger charge is -2.22. The van der Waals surface area contributed by atoms with Crippen molar-refractivity contribution in [1.29, 1.82) is 0 Å². The van der Waals surface area contributed by atoms with Crippen LogP contribution in [0.15, 0.2) is 12.2 Å². The van der Waals surface area contributed by atoms with E-state index in [2.05, 4.69) is 19.1 Å². The zero-order valence-electron chi connectivity index (χ0n) is 9.71. The maximum absolute atomic E-state index is 6.02. The van der Waals surface area contributed by atoms with Gasteiger partial charge in [0.1, 0.15) is 0 Å². The number of rotatable bonds is 4. The van der Waals surface area contributed by atoms with Crippen LogP contribution in [0.4, 0.5) is 0 Å². The van der Waals surface area contributed by atoms with Gasteiger partial charge in [0.15, 0.2) is 5.79 Å². The van der Waals surface area contributed by atoms with Gasteiger partial charge in [-0.1, -0.05) is 25.5 Å². The number of unbranched alkanes of at least 4 members (excludes halogenated alkanes) is 1. The zero-order valence-corrected chi connectivity index (χ0v) is 9.71. The molecule has 2 rings (SSSR count). The highest BCUT2D eigenvalue weighted by Gasteiger charge is 2.43. The van der Waals surface area contributed by atoms with Gasteiger partial charge < -0.3 is 9.47 Å². The molecule has 2 heterocycles. The van der Waals surface area contributed by atoms with Gasteiger partial charge in [-0.05, 0) is 25.7 Å². The van der Waals surface area contributed by atoms with Crippen LogP contribution in [0.2, 0.25) is 0 Å². The molecular formula is C13H22O2. The van der Waals surface area contributed by atoms with Crippen molar-refractivity contribution in [3.63, 3.8) is 0 Å². The summed E-state index contributed by atoms with van der Waals surface area (Å²) in [5.41, 5.74) is 0. The first kappa shape index (κ1) is 11.2. The highest BCUT2D eigenvalue weighted by Crippen LogP contribution is 2.40. The molecule has 2 unspecified atom stereocenters. The molecule has 0 aromatic carbocycles. The van der Waals surface area contributed by atoms with Gasteiger partial charge in [0.05, 0.1) is 12.7 Å². The molecule has 0 saturated carbocycles. The first-order chi connectivity index (χ1) is 7.35. The lowest BCUT2D eigenvalue weighted by molar-refractivity contribution is -0.198. The summed E-state index contributed by atoms with van der Waals surface area (Å²) in [5, 5.41) is 0. The molecule has 2 heteroatoms. The van der Waals surface area contributed by atoms with E-state index in [0.29, 0.717) is 6.10 Å². The quantitative estimate of drug-likeness (QED) is 0.662. The summed E-state index contributed by atoms with van der Waals surface area (Å²) >= 11 is 0. The Morgan fingerprint density at radius 2 is 2.27 bits per heavy atom. The fourth-order valence-electron chi connectivity index (χ4n) is 2.46. The fraction of sp³-hybridized carbons (Fsp3) is 0.846. The molecule has 2 fully saturated rings. The van der Waals surface area contributed by atoms with Gasteiger partial charge in [0.25, 0.3) is 0 Å². The molecule has 0 N–H and O–H groups in total. The lowest BCUT2D eigenvalue weighted by Crippen LogP contribution is -2.27. The summed E-state index contributed by atoms with van der Waals surface area (Å²) in [4.78, 5) is 0. The van der Waals surface area contributed by atoms with Crippen LogP contribution in [0, 0.1) is 0 Å². The zero-order chi connectivity index (χ0) is 10.6. The number of hydrogen-bond acceptors (Lipinski definition) is 2. The van der Waals surface area contributed by atoms with Crippen LogP contribution in [0.1, 0.15) is 51.9 Å². The number of allylic oxidation sites excluding steroid dienone is 1. The SMILES string of the molecule is CCC/C=C/CC1CCC2(CCCO2)O1. The topological polar surface area (TPSA) is 18.5 Å². The summed E-state index contributed by atoms with van der Waals surface area (Å²) in [6, 6.07) is 0. The Bertz CT molecular complexity index is 217. The Morgan fingerprint density at radius 3 is 3.00 bits per heavy atom. The van der Waals surface area contributed by atoms with E-state index in [-0.39, 0.29) is 5.79 Å². The summed E-state index contributed by atoms with van der Waals surface area (Å²) in [6.07, 6.45) is 12.9. The maximum atomic E-state index is 6.02. The van der Waals surface area contributed by atoms with Crippen molar-refractivity contribution in [3.8, 4) is 0 Å². The van der Waals surface area contributed by atoms with Crippen molar-refractivity contribution in [2.24, 2.45) is 0 Å². The summed E-state index contributed by atoms with van der Waals surface area (Å²) in [6.45, 7) is 3.09. The Hall–Kier alpha value is -0.340. The minimum Gasteiger partial charge on any atom is -0.350 e. The molecule has 2 saturated heterocycles. The summed E-state index contributed by atoms with van der Waals surface area (Å²) in [5.74, 6) is -0.177. The van der Waals surface area contributed by atoms with Gasteiger partial charge in [-0.15, -0.1) is 0 Å². The maximum Gasteiger partial charge on any atom is 0.168 e. The average molecular weight is 210 g/mol. The minimum atomic E-state index is -0.177. The molecule has 86 valence electrons. The van der Waals surface area contributed by atoms with E-state index in [1.54, 1.807) is 0 Å². The number of hydrogen-bond donors (Lipinski definition) is 0. The van der Waals surface area contributed by atoms with Crippen molar-refractivity contribution in [1.82, 2.24) is 0 Å². The first-order valence-corrected chi connectivity index (χ1v) is 6.31. The molecular weight excluding hydrogens is 188 g/mol. The van der Waals surface area contributed by atoms with Gasteiger partial charge in [-0.3, -0.25) is 0 Å². The van der Waals surface area contributed by atoms with Crippen molar-refractivity contribution in [3.05, 3.63) is 12.2 Å². The van der Waals surface area contributed by atoms with Crippen molar-refractivity contribution < 1.29 is 9.47 Å². The second-order valence-corrected chi connectivity index (χ2v) is 4.64. The van der Waals surface area contributed by atoms with Gasteiger partial charge in [-0.25, -0.2) is 0 Å². The van der Waals surface area contributed by atoms with Crippen LogP contribution in [0.3, 0.4) is 0 Å². The molecule has 0 amide bonds. The summed E-state index contributed by atoms with van der Waals surface area (Å²) < 4.78 is 11.7. The third kappa shape index (κ3) is 2.82. The minimum absolute atomic E-state index is 0.177. The van der Waals surface area contributed by atoms with Gasteiger partial charge in [-0.2, -0.15) is 0 Å². The Balaban J connectivity index is 1.73. The predicted molar refractivity (Wildman–Crippen MR) is 60.7 cm³/mol. The first-order valence-electron chi connectivity index (χ1n) is 6.31. The highest BCUT2D eigenvalue weighted by molar-refractivity contribution is 4.90. The van der Waals surface area contributed by atoms with Crippen molar-refractivity contribution >= 4 is 0 Å². The predicted octanol–water partition coefficient (Wildman–Crippen LogP) is 3.42. The molecule has 2 atom stereocenters. The van der Waals surface area contributed by atoms with E-state index < -0.39 is 0 Å². The van der Waals surface area contributed by atoms with Gasteiger partial charge >= 0.3 is 0 Å². The molecule has 0 bridgehead atoms. The van der Waals surface area contributed by atoms with Gasteiger partial charge in [0, 0.05) is 12.8 Å². The Kier molecular flexibility index (Phi) is 3.81. The fourth-order valence-corrected chi connectivity index (χ4v) is 2.46. The highest BCUT2D eigenvalue weighted by atomic mass is 16.7. The van der Waals surface area contributed by atoms with E-state index in [0.717, 1.165) is 32.3 Å². The average Bonchev–Trinajstić information content (AvgIpc) is 2.85. The van der Waals surface area contributed by atoms with Crippen LogP contribution in [0.25, 0.3) is 0 Å². The molecule has 0 aliphatic carbocycles. The molecule has 0 aromatic heterocycles. The largest absolute Gasteiger partial charge is 0.350 e. The van der Waals surface area contributed by atoms with Crippen LogP contribution >= 0.6 is 0 Å². The van der Waals surface area contributed by atoms with Crippen molar-refractivity contribution in [2.45, 2.75) is 63.8 Å². The van der Waals surface area contributed by atoms with Crippen LogP contribution in [0.5, 0.6) is 0 Å². The van der Waals surface area contributed by atoms with Gasteiger partial charge in [0.2, 0.25) is 0 Å².